The molecule has 1 aliphatic rings. The molecule has 1 aromatic heterocycles. The predicted molar refractivity (Wildman–Crippen MR) is 137 cm³/mol. The molecule has 0 radical (unpaired) electrons. The molecule has 0 bridgehead atoms. The number of amides is 1. The number of methoxy groups -OCH3 is 2. The van der Waals surface area contributed by atoms with E-state index in [2.05, 4.69) is 11.1 Å². The van der Waals surface area contributed by atoms with E-state index in [1.54, 1.807) is 14.2 Å². The Kier molecular flexibility index (Phi) is 8.28. The molecule has 1 fully saturated rings. The lowest BCUT2D eigenvalue weighted by Crippen LogP contribution is -2.32. The number of carbonyl (C=O) groups is 1. The van der Waals surface area contributed by atoms with Crippen molar-refractivity contribution in [1.82, 2.24) is 9.88 Å². The molecular weight excluding hydrogens is 448 g/mol. The normalized spacial score (nSPS) is 13.9. The van der Waals surface area contributed by atoms with Crippen molar-refractivity contribution in [3.63, 3.8) is 0 Å². The van der Waals surface area contributed by atoms with Crippen molar-refractivity contribution in [3.05, 3.63) is 64.8 Å². The van der Waals surface area contributed by atoms with Crippen LogP contribution in [0.3, 0.4) is 0 Å². The van der Waals surface area contributed by atoms with Gasteiger partial charge in [-0.3, -0.25) is 4.79 Å². The second-order valence-corrected chi connectivity index (χ2v) is 9.43. The fourth-order valence-corrected chi connectivity index (χ4v) is 5.03. The monoisotopic (exact) mass is 480 g/mol. The van der Waals surface area contributed by atoms with E-state index in [4.69, 9.17) is 21.1 Å². The molecule has 1 aliphatic carbocycles. The molecule has 6 heteroatoms. The van der Waals surface area contributed by atoms with E-state index in [1.807, 2.05) is 47.4 Å². The molecule has 180 valence electrons. The Morgan fingerprint density at radius 1 is 1.06 bits per heavy atom. The lowest BCUT2D eigenvalue weighted by molar-refractivity contribution is -0.132. The van der Waals surface area contributed by atoms with Crippen LogP contribution in [0.1, 0.15) is 49.7 Å². The number of benzene rings is 2. The summed E-state index contributed by atoms with van der Waals surface area (Å²) in [7, 11) is 3.26. The number of nitrogens with zero attached hydrogens (tertiary/aromatic N) is 2. The largest absolute Gasteiger partial charge is 0.493 e. The molecule has 0 aliphatic heterocycles. The summed E-state index contributed by atoms with van der Waals surface area (Å²) < 4.78 is 10.8. The number of para-hydroxylation sites is 1. The molecule has 1 saturated carbocycles. The van der Waals surface area contributed by atoms with Crippen molar-refractivity contribution >= 4 is 28.4 Å². The zero-order valence-electron chi connectivity index (χ0n) is 20.1. The summed E-state index contributed by atoms with van der Waals surface area (Å²) in [5.74, 6) is 2.25. The van der Waals surface area contributed by atoms with E-state index in [-0.39, 0.29) is 5.91 Å². The Balaban J connectivity index is 1.51. The van der Waals surface area contributed by atoms with E-state index in [0.717, 1.165) is 28.5 Å². The Morgan fingerprint density at radius 3 is 2.59 bits per heavy atom. The smallest absolute Gasteiger partial charge is 0.222 e. The Hall–Kier alpha value is -2.79. The fourth-order valence-electron chi connectivity index (χ4n) is 4.83. The van der Waals surface area contributed by atoms with Crippen molar-refractivity contribution in [2.75, 3.05) is 20.8 Å². The van der Waals surface area contributed by atoms with Gasteiger partial charge in [-0.2, -0.15) is 0 Å². The van der Waals surface area contributed by atoms with Gasteiger partial charge in [-0.05, 0) is 48.6 Å². The van der Waals surface area contributed by atoms with Gasteiger partial charge in [0.25, 0.3) is 0 Å². The van der Waals surface area contributed by atoms with Gasteiger partial charge < -0.3 is 14.4 Å². The Bertz CT molecular complexity index is 1130. The molecule has 0 N–H and O–H groups in total. The highest BCUT2D eigenvalue weighted by Gasteiger charge is 2.21. The third kappa shape index (κ3) is 6.01. The van der Waals surface area contributed by atoms with Crippen molar-refractivity contribution < 1.29 is 14.3 Å². The molecule has 2 aromatic carbocycles. The maximum absolute atomic E-state index is 13.3. The molecule has 1 heterocycles. The molecule has 0 spiro atoms. The number of aromatic nitrogens is 1. The number of halogens is 1. The molecule has 34 heavy (non-hydrogen) atoms. The van der Waals surface area contributed by atoms with Crippen LogP contribution >= 0.6 is 11.6 Å². The van der Waals surface area contributed by atoms with Gasteiger partial charge in [0, 0.05) is 30.5 Å². The first-order valence-corrected chi connectivity index (χ1v) is 12.5. The fraction of sp³-hybridized carbons (Fsp3) is 0.429. The van der Waals surface area contributed by atoms with E-state index in [0.29, 0.717) is 48.5 Å². The van der Waals surface area contributed by atoms with E-state index in [1.165, 1.54) is 25.7 Å². The first kappa shape index (κ1) is 24.3. The standard InChI is InChI=1S/C28H33ClN2O3/c1-33-25-13-11-21(17-26(25)34-2)15-16-31(27(32)14-12-20-7-3-4-8-20)19-23-18-22-9-5-6-10-24(22)30-28(23)29/h5-6,9-11,13,17-18,20H,3-4,7-8,12,14-16,19H2,1-2H3. The zero-order chi connectivity index (χ0) is 23.9. The Labute approximate surface area is 207 Å². The van der Waals surface area contributed by atoms with Gasteiger partial charge in [0.05, 0.1) is 19.7 Å². The quantitative estimate of drug-likeness (QED) is 0.313. The zero-order valence-corrected chi connectivity index (χ0v) is 20.8. The summed E-state index contributed by atoms with van der Waals surface area (Å²) in [6.45, 7) is 1.05. The van der Waals surface area contributed by atoms with Crippen LogP contribution < -0.4 is 9.47 Å². The first-order valence-electron chi connectivity index (χ1n) is 12.1. The van der Waals surface area contributed by atoms with Gasteiger partial charge >= 0.3 is 0 Å². The third-order valence-corrected chi connectivity index (χ3v) is 7.15. The van der Waals surface area contributed by atoms with E-state index >= 15 is 0 Å². The lowest BCUT2D eigenvalue weighted by Gasteiger charge is -2.24. The minimum Gasteiger partial charge on any atom is -0.493 e. The van der Waals surface area contributed by atoms with Crippen molar-refractivity contribution in [2.24, 2.45) is 5.92 Å². The van der Waals surface area contributed by atoms with Gasteiger partial charge in [-0.15, -0.1) is 0 Å². The SMILES string of the molecule is COc1ccc(CCN(Cc2cc3ccccc3nc2Cl)C(=O)CCC2CCCC2)cc1OC. The highest BCUT2D eigenvalue weighted by molar-refractivity contribution is 6.30. The van der Waals surface area contributed by atoms with Crippen LogP contribution in [-0.2, 0) is 17.8 Å². The van der Waals surface area contributed by atoms with Crippen LogP contribution in [0.4, 0.5) is 0 Å². The lowest BCUT2D eigenvalue weighted by atomic mass is 10.0. The molecule has 1 amide bonds. The number of rotatable bonds is 10. The summed E-state index contributed by atoms with van der Waals surface area (Å²) >= 11 is 6.54. The number of carbonyl (C=O) groups excluding carboxylic acids is 1. The highest BCUT2D eigenvalue weighted by atomic mass is 35.5. The number of hydrogen-bond donors (Lipinski definition) is 0. The van der Waals surface area contributed by atoms with Gasteiger partial charge in [0.2, 0.25) is 5.91 Å². The first-order chi connectivity index (χ1) is 16.6. The molecule has 3 aromatic rings. The minimum absolute atomic E-state index is 0.177. The van der Waals surface area contributed by atoms with Crippen LogP contribution in [0.2, 0.25) is 5.15 Å². The molecule has 0 saturated heterocycles. The van der Waals surface area contributed by atoms with Gasteiger partial charge in [0.15, 0.2) is 11.5 Å². The molecular formula is C28H33ClN2O3. The summed E-state index contributed by atoms with van der Waals surface area (Å²) in [6.07, 6.45) is 7.35. The molecule has 0 atom stereocenters. The maximum Gasteiger partial charge on any atom is 0.222 e. The summed E-state index contributed by atoms with van der Waals surface area (Å²) in [4.78, 5) is 19.8. The average Bonchev–Trinajstić information content (AvgIpc) is 3.38. The van der Waals surface area contributed by atoms with Crippen LogP contribution in [-0.4, -0.2) is 36.6 Å². The second kappa shape index (κ2) is 11.6. The van der Waals surface area contributed by atoms with Crippen molar-refractivity contribution in [1.29, 1.82) is 0 Å². The van der Waals surface area contributed by atoms with Gasteiger partial charge in [-0.25, -0.2) is 4.98 Å². The van der Waals surface area contributed by atoms with Crippen molar-refractivity contribution in [2.45, 2.75) is 51.5 Å². The van der Waals surface area contributed by atoms with Crippen LogP contribution in [0.5, 0.6) is 11.5 Å². The topological polar surface area (TPSA) is 51.7 Å². The predicted octanol–water partition coefficient (Wildman–Crippen LogP) is 6.45. The minimum atomic E-state index is 0.177. The van der Waals surface area contributed by atoms with Gasteiger partial charge in [-0.1, -0.05) is 61.5 Å². The highest BCUT2D eigenvalue weighted by Crippen LogP contribution is 2.30. The number of pyridine rings is 1. The van der Waals surface area contributed by atoms with E-state index in [9.17, 15) is 4.79 Å². The number of fused-ring (bicyclic) bond motifs is 1. The van der Waals surface area contributed by atoms with Gasteiger partial charge in [0.1, 0.15) is 5.15 Å². The summed E-state index contributed by atoms with van der Waals surface area (Å²) in [5, 5.41) is 1.48. The summed E-state index contributed by atoms with van der Waals surface area (Å²) in [5.41, 5.74) is 2.83. The van der Waals surface area contributed by atoms with E-state index < -0.39 is 0 Å². The average molecular weight is 481 g/mol. The summed E-state index contributed by atoms with van der Waals surface area (Å²) in [6, 6.07) is 15.9. The van der Waals surface area contributed by atoms with Crippen LogP contribution in [0.15, 0.2) is 48.5 Å². The van der Waals surface area contributed by atoms with Crippen LogP contribution in [0.25, 0.3) is 10.9 Å². The third-order valence-electron chi connectivity index (χ3n) is 6.82. The second-order valence-electron chi connectivity index (χ2n) is 9.07. The Morgan fingerprint density at radius 2 is 1.82 bits per heavy atom. The van der Waals surface area contributed by atoms with Crippen LogP contribution in [0, 0.1) is 5.92 Å². The molecule has 4 rings (SSSR count). The molecule has 0 unspecified atom stereocenters. The maximum atomic E-state index is 13.3. The van der Waals surface area contributed by atoms with Crippen molar-refractivity contribution in [3.8, 4) is 11.5 Å². The number of hydrogen-bond acceptors (Lipinski definition) is 4. The molecule has 5 nitrogen and oxygen atoms in total. The number of ether oxygens (including phenoxy) is 2.